The normalized spacial score (nSPS) is 16.7. The lowest BCUT2D eigenvalue weighted by molar-refractivity contribution is 0.414. The second-order valence-electron chi connectivity index (χ2n) is 4.01. The van der Waals surface area contributed by atoms with Crippen molar-refractivity contribution < 1.29 is 4.74 Å². The number of benzene rings is 1. The van der Waals surface area contributed by atoms with Crippen molar-refractivity contribution in [3.63, 3.8) is 0 Å². The second-order valence-corrected chi connectivity index (χ2v) is 4.92. The fourth-order valence-corrected chi connectivity index (χ4v) is 2.54. The van der Waals surface area contributed by atoms with Crippen molar-refractivity contribution in [3.05, 3.63) is 22.7 Å². The van der Waals surface area contributed by atoms with E-state index in [9.17, 15) is 0 Å². The van der Waals surface area contributed by atoms with E-state index in [0.717, 1.165) is 15.9 Å². The van der Waals surface area contributed by atoms with Gasteiger partial charge in [-0.2, -0.15) is 0 Å². The minimum Gasteiger partial charge on any atom is -0.497 e. The predicted molar refractivity (Wildman–Crippen MR) is 66.6 cm³/mol. The van der Waals surface area contributed by atoms with E-state index in [0.29, 0.717) is 6.04 Å². The van der Waals surface area contributed by atoms with Crippen LogP contribution in [0, 0.1) is 0 Å². The number of hydrogen-bond donors (Lipinski definition) is 1. The number of anilines is 1. The highest BCUT2D eigenvalue weighted by molar-refractivity contribution is 9.10. The molecule has 0 atom stereocenters. The Balaban J connectivity index is 2.09. The highest BCUT2D eigenvalue weighted by Gasteiger charge is 2.14. The Kier molecular flexibility index (Phi) is 3.52. The molecule has 1 aromatic rings. The molecule has 0 radical (unpaired) electrons. The summed E-state index contributed by atoms with van der Waals surface area (Å²) in [7, 11) is 1.70. The van der Waals surface area contributed by atoms with Gasteiger partial charge in [-0.15, -0.1) is 0 Å². The van der Waals surface area contributed by atoms with Gasteiger partial charge in [0.15, 0.2) is 0 Å². The van der Waals surface area contributed by atoms with Crippen LogP contribution in [0.5, 0.6) is 5.75 Å². The summed E-state index contributed by atoms with van der Waals surface area (Å²) in [5, 5.41) is 3.55. The van der Waals surface area contributed by atoms with Crippen LogP contribution in [-0.4, -0.2) is 13.2 Å². The largest absolute Gasteiger partial charge is 0.497 e. The molecule has 0 bridgehead atoms. The molecule has 0 aromatic heterocycles. The van der Waals surface area contributed by atoms with Crippen LogP contribution in [0.1, 0.15) is 25.7 Å². The maximum Gasteiger partial charge on any atom is 0.122 e. The first-order valence-electron chi connectivity index (χ1n) is 5.39. The van der Waals surface area contributed by atoms with Crippen molar-refractivity contribution in [2.45, 2.75) is 31.7 Å². The van der Waals surface area contributed by atoms with Crippen molar-refractivity contribution in [3.8, 4) is 5.75 Å². The number of rotatable bonds is 3. The lowest BCUT2D eigenvalue weighted by Crippen LogP contribution is -2.14. The van der Waals surface area contributed by atoms with E-state index in [1.54, 1.807) is 7.11 Å². The van der Waals surface area contributed by atoms with Crippen LogP contribution in [0.2, 0.25) is 0 Å². The van der Waals surface area contributed by atoms with E-state index in [1.807, 2.05) is 12.1 Å². The molecule has 1 fully saturated rings. The molecule has 0 aliphatic heterocycles. The molecule has 15 heavy (non-hydrogen) atoms. The van der Waals surface area contributed by atoms with E-state index in [1.165, 1.54) is 25.7 Å². The van der Waals surface area contributed by atoms with Crippen LogP contribution in [0.3, 0.4) is 0 Å². The lowest BCUT2D eigenvalue weighted by Gasteiger charge is -2.14. The molecule has 0 heterocycles. The molecule has 82 valence electrons. The van der Waals surface area contributed by atoms with Gasteiger partial charge in [0.05, 0.1) is 7.11 Å². The fraction of sp³-hybridized carbons (Fsp3) is 0.500. The first-order valence-corrected chi connectivity index (χ1v) is 6.18. The van der Waals surface area contributed by atoms with Gasteiger partial charge in [0.2, 0.25) is 0 Å². The molecule has 1 aliphatic rings. The number of ether oxygens (including phenoxy) is 1. The summed E-state index contributed by atoms with van der Waals surface area (Å²) in [4.78, 5) is 0. The Morgan fingerprint density at radius 2 is 2.00 bits per heavy atom. The molecule has 1 saturated carbocycles. The predicted octanol–water partition coefficient (Wildman–Crippen LogP) is 3.81. The van der Waals surface area contributed by atoms with Crippen LogP contribution in [0.25, 0.3) is 0 Å². The summed E-state index contributed by atoms with van der Waals surface area (Å²) >= 11 is 3.48. The van der Waals surface area contributed by atoms with Gasteiger partial charge in [-0.3, -0.25) is 0 Å². The van der Waals surface area contributed by atoms with Gasteiger partial charge in [-0.05, 0) is 25.0 Å². The van der Waals surface area contributed by atoms with Crippen LogP contribution >= 0.6 is 15.9 Å². The highest BCUT2D eigenvalue weighted by atomic mass is 79.9. The third-order valence-electron chi connectivity index (χ3n) is 2.83. The summed E-state index contributed by atoms with van der Waals surface area (Å²) in [5.74, 6) is 0.893. The molecular weight excluding hydrogens is 254 g/mol. The Labute approximate surface area is 99.1 Å². The minimum atomic E-state index is 0.643. The molecule has 0 saturated heterocycles. The van der Waals surface area contributed by atoms with Crippen molar-refractivity contribution in [1.29, 1.82) is 0 Å². The molecule has 0 amide bonds. The summed E-state index contributed by atoms with van der Waals surface area (Å²) in [6.07, 6.45) is 5.27. The number of nitrogens with one attached hydrogen (secondary N) is 1. The van der Waals surface area contributed by atoms with Crippen LogP contribution in [0.4, 0.5) is 5.69 Å². The molecule has 1 aromatic carbocycles. The molecule has 1 aliphatic carbocycles. The third kappa shape index (κ3) is 2.88. The molecule has 0 unspecified atom stereocenters. The molecule has 0 spiro atoms. The molecule has 3 heteroatoms. The van der Waals surface area contributed by atoms with Gasteiger partial charge < -0.3 is 10.1 Å². The first-order chi connectivity index (χ1) is 7.28. The minimum absolute atomic E-state index is 0.643. The van der Waals surface area contributed by atoms with Crippen molar-refractivity contribution >= 4 is 21.6 Å². The standard InChI is InChI=1S/C12H16BrNO/c1-15-12-7-9(13)6-11(8-12)14-10-4-2-3-5-10/h6-8,10,14H,2-5H2,1H3. The average Bonchev–Trinajstić information content (AvgIpc) is 2.69. The van der Waals surface area contributed by atoms with Gasteiger partial charge >= 0.3 is 0 Å². The van der Waals surface area contributed by atoms with Gasteiger partial charge in [0.25, 0.3) is 0 Å². The second kappa shape index (κ2) is 4.88. The first kappa shape index (κ1) is 10.8. The van der Waals surface area contributed by atoms with Crippen LogP contribution < -0.4 is 10.1 Å². The molecule has 2 nitrogen and oxygen atoms in total. The van der Waals surface area contributed by atoms with Crippen molar-refractivity contribution in [1.82, 2.24) is 0 Å². The van der Waals surface area contributed by atoms with Gasteiger partial charge in [0, 0.05) is 22.3 Å². The molecular formula is C12H16BrNO. The van der Waals surface area contributed by atoms with Gasteiger partial charge in [0.1, 0.15) is 5.75 Å². The quantitative estimate of drug-likeness (QED) is 0.901. The zero-order valence-corrected chi connectivity index (χ0v) is 10.5. The Morgan fingerprint density at radius 3 is 2.67 bits per heavy atom. The smallest absolute Gasteiger partial charge is 0.122 e. The monoisotopic (exact) mass is 269 g/mol. The maximum absolute atomic E-state index is 5.23. The Morgan fingerprint density at radius 1 is 1.27 bits per heavy atom. The van der Waals surface area contributed by atoms with E-state index in [-0.39, 0.29) is 0 Å². The summed E-state index contributed by atoms with van der Waals surface area (Å²) in [6.45, 7) is 0. The topological polar surface area (TPSA) is 21.3 Å². The SMILES string of the molecule is COc1cc(Br)cc(NC2CCCC2)c1. The summed E-state index contributed by atoms with van der Waals surface area (Å²) in [5.41, 5.74) is 1.15. The number of methoxy groups -OCH3 is 1. The third-order valence-corrected chi connectivity index (χ3v) is 3.29. The van der Waals surface area contributed by atoms with Crippen LogP contribution in [0.15, 0.2) is 22.7 Å². The van der Waals surface area contributed by atoms with Gasteiger partial charge in [-0.25, -0.2) is 0 Å². The van der Waals surface area contributed by atoms with E-state index in [2.05, 4.69) is 27.3 Å². The lowest BCUT2D eigenvalue weighted by atomic mass is 10.2. The zero-order valence-electron chi connectivity index (χ0n) is 8.92. The van der Waals surface area contributed by atoms with E-state index in [4.69, 9.17) is 4.74 Å². The summed E-state index contributed by atoms with van der Waals surface area (Å²) < 4.78 is 6.29. The molecule has 1 N–H and O–H groups in total. The average molecular weight is 270 g/mol. The van der Waals surface area contributed by atoms with Crippen LogP contribution in [-0.2, 0) is 0 Å². The maximum atomic E-state index is 5.23. The molecule has 2 rings (SSSR count). The van der Waals surface area contributed by atoms with Gasteiger partial charge in [-0.1, -0.05) is 28.8 Å². The fourth-order valence-electron chi connectivity index (χ4n) is 2.07. The number of hydrogen-bond acceptors (Lipinski definition) is 2. The van der Waals surface area contributed by atoms with Crippen molar-refractivity contribution in [2.24, 2.45) is 0 Å². The number of halogens is 1. The summed E-state index contributed by atoms with van der Waals surface area (Å²) in [6, 6.07) is 6.76. The Bertz CT molecular complexity index is 334. The highest BCUT2D eigenvalue weighted by Crippen LogP contribution is 2.27. The van der Waals surface area contributed by atoms with E-state index >= 15 is 0 Å². The van der Waals surface area contributed by atoms with Crippen molar-refractivity contribution in [2.75, 3.05) is 12.4 Å². The Hall–Kier alpha value is -0.700. The van der Waals surface area contributed by atoms with E-state index < -0.39 is 0 Å². The zero-order chi connectivity index (χ0) is 10.7.